The molecular weight excluding hydrogens is 842 g/mol. The number of anilines is 3. The number of piperidine rings is 4. The molecule has 16 nitrogen and oxygen atoms in total. The number of likely N-dealkylation sites (tertiary alicyclic amines) is 1. The lowest BCUT2D eigenvalue weighted by Gasteiger charge is -2.47. The number of allylic oxidation sites excluding steroid dienone is 1. The zero-order valence-electron chi connectivity index (χ0n) is 38.2. The summed E-state index contributed by atoms with van der Waals surface area (Å²) in [6.07, 6.45) is 10.5. The highest BCUT2D eigenvalue weighted by Crippen LogP contribution is 2.44. The van der Waals surface area contributed by atoms with Gasteiger partial charge in [-0.2, -0.15) is 5.01 Å². The van der Waals surface area contributed by atoms with Crippen LogP contribution in [0.3, 0.4) is 0 Å². The third kappa shape index (κ3) is 8.27. The van der Waals surface area contributed by atoms with E-state index in [0.29, 0.717) is 49.4 Å². The lowest BCUT2D eigenvalue weighted by atomic mass is 9.77. The van der Waals surface area contributed by atoms with Crippen molar-refractivity contribution in [1.29, 1.82) is 0 Å². The molecule has 7 atom stereocenters. The van der Waals surface area contributed by atoms with Crippen LogP contribution in [0.2, 0.25) is 0 Å². The average molecular weight is 908 g/mol. The molecule has 9 heterocycles. The second kappa shape index (κ2) is 17.5. The summed E-state index contributed by atoms with van der Waals surface area (Å²) in [5.74, 6) is -1.57. The third-order valence-corrected chi connectivity index (χ3v) is 16.8. The predicted molar refractivity (Wildman–Crippen MR) is 247 cm³/mol. The Morgan fingerprint density at radius 3 is 2.38 bits per heavy atom. The van der Waals surface area contributed by atoms with Crippen LogP contribution < -0.4 is 36.4 Å². The van der Waals surface area contributed by atoms with Crippen molar-refractivity contribution in [2.24, 2.45) is 11.3 Å². The number of hydrazine groups is 1. The van der Waals surface area contributed by atoms with Crippen LogP contribution in [0.1, 0.15) is 99.9 Å². The van der Waals surface area contributed by atoms with Gasteiger partial charge in [0.05, 0.1) is 30.4 Å². The number of rotatable bonds is 6. The zero-order valence-corrected chi connectivity index (χ0v) is 38.2. The highest BCUT2D eigenvalue weighted by molar-refractivity contribution is 6.05. The molecule has 0 saturated carbocycles. The van der Waals surface area contributed by atoms with E-state index in [1.54, 1.807) is 9.91 Å². The first-order valence-corrected chi connectivity index (χ1v) is 24.7. The summed E-state index contributed by atoms with van der Waals surface area (Å²) in [6.45, 7) is 8.86. The molecule has 9 aliphatic rings. The first kappa shape index (κ1) is 43.9. The van der Waals surface area contributed by atoms with E-state index in [1.807, 2.05) is 24.1 Å². The van der Waals surface area contributed by atoms with Crippen molar-refractivity contribution in [1.82, 2.24) is 41.1 Å². The van der Waals surface area contributed by atoms with Gasteiger partial charge in [-0.15, -0.1) is 0 Å². The Hall–Kier alpha value is -4.65. The molecule has 4 amide bonds. The van der Waals surface area contributed by atoms with E-state index in [4.69, 9.17) is 0 Å². The molecule has 2 bridgehead atoms. The highest BCUT2D eigenvalue weighted by atomic mass is 19.1. The van der Waals surface area contributed by atoms with E-state index in [1.165, 1.54) is 18.2 Å². The number of carbonyl (C=O) groups excluding carboxylic acids is 4. The van der Waals surface area contributed by atoms with Gasteiger partial charge in [0.2, 0.25) is 17.7 Å². The van der Waals surface area contributed by atoms with Crippen molar-refractivity contribution in [3.63, 3.8) is 0 Å². The maximum absolute atomic E-state index is 15.3. The number of imide groups is 1. The molecule has 1 spiro atoms. The molecule has 9 aliphatic heterocycles. The molecule has 6 N–H and O–H groups in total. The van der Waals surface area contributed by atoms with Gasteiger partial charge in [0, 0.05) is 86.9 Å². The number of halogens is 1. The molecule has 7 saturated heterocycles. The number of fused-ring (bicyclic) bond motifs is 7. The van der Waals surface area contributed by atoms with Crippen LogP contribution >= 0.6 is 0 Å². The maximum atomic E-state index is 15.3. The van der Waals surface area contributed by atoms with Crippen LogP contribution in [0, 0.1) is 11.3 Å². The minimum Gasteiger partial charge on any atom is -0.389 e. The van der Waals surface area contributed by atoms with Crippen LogP contribution in [0.15, 0.2) is 54.4 Å². The van der Waals surface area contributed by atoms with Crippen molar-refractivity contribution >= 4 is 40.7 Å². The van der Waals surface area contributed by atoms with Crippen LogP contribution in [0.5, 0.6) is 0 Å². The molecule has 17 heteroatoms. The lowest BCUT2D eigenvalue weighted by molar-refractivity contribution is -0.147. The van der Waals surface area contributed by atoms with E-state index in [0.717, 1.165) is 101 Å². The van der Waals surface area contributed by atoms with Crippen LogP contribution in [0.4, 0.5) is 21.5 Å². The summed E-state index contributed by atoms with van der Waals surface area (Å²) in [6, 6.07) is 14.7. The molecule has 11 rings (SSSR count). The van der Waals surface area contributed by atoms with Gasteiger partial charge in [0.15, 0.2) is 0 Å². The number of carbonyl (C=O) groups is 4. The lowest BCUT2D eigenvalue weighted by Crippen LogP contribution is -2.69. The Morgan fingerprint density at radius 1 is 0.833 bits per heavy atom. The minimum absolute atomic E-state index is 0.0913. The molecule has 7 fully saturated rings. The number of hydrogen-bond acceptors (Lipinski definition) is 13. The second-order valence-electron chi connectivity index (χ2n) is 20.9. The number of amides is 4. The van der Waals surface area contributed by atoms with Crippen molar-refractivity contribution in [3.8, 4) is 0 Å². The average Bonchev–Trinajstić information content (AvgIpc) is 3.97. The maximum Gasteiger partial charge on any atom is 0.255 e. The third-order valence-electron chi connectivity index (χ3n) is 16.8. The van der Waals surface area contributed by atoms with Gasteiger partial charge in [-0.3, -0.25) is 50.4 Å². The predicted octanol–water partition coefficient (Wildman–Crippen LogP) is 3.17. The normalized spacial score (nSPS) is 33.3. The Morgan fingerprint density at radius 2 is 1.59 bits per heavy atom. The monoisotopic (exact) mass is 908 g/mol. The summed E-state index contributed by atoms with van der Waals surface area (Å²) >= 11 is 0. The molecule has 2 aromatic carbocycles. The van der Waals surface area contributed by atoms with Crippen LogP contribution in [-0.4, -0.2) is 143 Å². The van der Waals surface area contributed by atoms with E-state index < -0.39 is 11.6 Å². The first-order chi connectivity index (χ1) is 31.9. The molecule has 354 valence electrons. The highest BCUT2D eigenvalue weighted by Gasteiger charge is 2.53. The van der Waals surface area contributed by atoms with Gasteiger partial charge in [-0.05, 0) is 131 Å². The second-order valence-corrected chi connectivity index (χ2v) is 20.9. The molecule has 0 radical (unpaired) electrons. The molecule has 2 aromatic rings. The smallest absolute Gasteiger partial charge is 0.255 e. The first-order valence-electron chi connectivity index (χ1n) is 24.7. The number of nitrogens with one attached hydrogen (secondary N) is 5. The van der Waals surface area contributed by atoms with Gasteiger partial charge in [0.25, 0.3) is 5.91 Å². The van der Waals surface area contributed by atoms with Gasteiger partial charge < -0.3 is 25.1 Å². The van der Waals surface area contributed by atoms with Gasteiger partial charge >= 0.3 is 0 Å². The summed E-state index contributed by atoms with van der Waals surface area (Å²) in [7, 11) is 0. The van der Waals surface area contributed by atoms with Gasteiger partial charge in [-0.1, -0.05) is 12.1 Å². The SMILES string of the molecule is C[C@@]1(O)CCC=C(F)CN2C(=O)C3CNC(Nc4ccc(N5CCC(N6CCC7(CCN(c8ccc9c(c8)C(=O)N(C8CCC(=O)NC8=O)C9)CC7)C6)CC5)cc4)NC3N2C2CCCC1N2. The number of benzene rings is 2. The largest absolute Gasteiger partial charge is 0.389 e. The van der Waals surface area contributed by atoms with E-state index >= 15 is 4.39 Å². The number of aliphatic hydroxyl groups is 1. The summed E-state index contributed by atoms with van der Waals surface area (Å²) in [5.41, 5.74) is 4.23. The molecule has 6 unspecified atom stereocenters. The van der Waals surface area contributed by atoms with Crippen molar-refractivity contribution in [2.45, 2.75) is 133 Å². The van der Waals surface area contributed by atoms with Gasteiger partial charge in [-0.25, -0.2) is 4.39 Å². The fourth-order valence-electron chi connectivity index (χ4n) is 12.9. The molecule has 66 heavy (non-hydrogen) atoms. The molecule has 0 aromatic heterocycles. The van der Waals surface area contributed by atoms with E-state index in [2.05, 4.69) is 71.6 Å². The topological polar surface area (TPSA) is 168 Å². The number of hydrogen-bond donors (Lipinski definition) is 6. The fraction of sp³-hybridized carbons (Fsp3) is 0.633. The van der Waals surface area contributed by atoms with Crippen molar-refractivity contribution in [2.75, 3.05) is 67.5 Å². The molecular formula is C49H66FN11O5. The number of nitrogens with zero attached hydrogens (tertiary/aromatic N) is 6. The Bertz CT molecular complexity index is 2240. The molecule has 0 aliphatic carbocycles. The Kier molecular flexibility index (Phi) is 11.6. The summed E-state index contributed by atoms with van der Waals surface area (Å²) in [5, 5.41) is 31.7. The fourth-order valence-corrected chi connectivity index (χ4v) is 12.9. The van der Waals surface area contributed by atoms with E-state index in [9.17, 15) is 24.3 Å². The Balaban J connectivity index is 0.657. The standard InChI is InChI=1S/C49H66FN11O5/c1-48(66)17-3-4-32(50)29-60-46(65)38-27-51-47(55-43(38)61(60)41-6-2-5-40(48)53-41)52-33-8-11-34(12-9-33)56-21-15-35(16-22-56)58-25-20-49(30-58)18-23-57(24-19-49)36-10-7-31-28-59(45(64)37(31)26-36)39-13-14-42(62)54-44(39)63/h4,7-12,26,35,38-41,43,47,51-53,55,66H,2-3,5-6,13-25,27-30H2,1H3,(H,54,62,63)/t38?,39?,40?,41?,43?,47?,48-/m1/s1. The zero-order chi connectivity index (χ0) is 45.3. The summed E-state index contributed by atoms with van der Waals surface area (Å²) in [4.78, 5) is 60.8. The van der Waals surface area contributed by atoms with E-state index in [-0.39, 0.29) is 73.0 Å². The van der Waals surface area contributed by atoms with Crippen LogP contribution in [0.25, 0.3) is 0 Å². The van der Waals surface area contributed by atoms with Crippen molar-refractivity contribution < 1.29 is 28.7 Å². The van der Waals surface area contributed by atoms with Gasteiger partial charge in [0.1, 0.15) is 18.2 Å². The quantitative estimate of drug-likeness (QED) is 0.235. The summed E-state index contributed by atoms with van der Waals surface area (Å²) < 4.78 is 15.3. The Labute approximate surface area is 386 Å². The minimum atomic E-state index is -0.981. The van der Waals surface area contributed by atoms with Crippen LogP contribution in [-0.2, 0) is 20.9 Å². The van der Waals surface area contributed by atoms with Crippen molar-refractivity contribution in [3.05, 3.63) is 65.5 Å².